The molecule has 0 fully saturated rings. The summed E-state index contributed by atoms with van der Waals surface area (Å²) in [6.07, 6.45) is 1.35. The third kappa shape index (κ3) is 4.14. The zero-order valence-electron chi connectivity index (χ0n) is 13.7. The van der Waals surface area contributed by atoms with Crippen molar-refractivity contribution in [2.24, 2.45) is 5.73 Å². The van der Waals surface area contributed by atoms with Crippen LogP contribution in [0.2, 0.25) is 0 Å². The number of nitrogens with two attached hydrogens (primary N) is 1. The van der Waals surface area contributed by atoms with Gasteiger partial charge in [0.05, 0.1) is 35.7 Å². The van der Waals surface area contributed by atoms with Crippen LogP contribution in [0.15, 0.2) is 34.9 Å². The maximum atomic E-state index is 12.4. The Bertz CT molecular complexity index is 724. The van der Waals surface area contributed by atoms with E-state index in [1.165, 1.54) is 6.26 Å². The van der Waals surface area contributed by atoms with Crippen molar-refractivity contribution in [3.63, 3.8) is 0 Å². The molecule has 7 nitrogen and oxygen atoms in total. The van der Waals surface area contributed by atoms with Crippen LogP contribution >= 0.6 is 0 Å². The Hall–Kier alpha value is -2.80. The molecule has 1 heterocycles. The zero-order chi connectivity index (χ0) is 17.5. The number of benzene rings is 1. The summed E-state index contributed by atoms with van der Waals surface area (Å²) in [7, 11) is 0. The molecule has 1 amide bonds. The van der Waals surface area contributed by atoms with E-state index in [0.717, 1.165) is 0 Å². The van der Waals surface area contributed by atoms with Gasteiger partial charge in [0.15, 0.2) is 0 Å². The number of anilines is 2. The summed E-state index contributed by atoms with van der Waals surface area (Å²) in [5.41, 5.74) is 7.40. The molecule has 0 aliphatic rings. The second kappa shape index (κ2) is 8.16. The average molecular weight is 331 g/mol. The molecule has 0 atom stereocenters. The molecule has 128 valence electrons. The molecular formula is C17H21N3O4. The normalized spacial score (nSPS) is 10.3. The number of ether oxygens (including phenoxy) is 1. The van der Waals surface area contributed by atoms with Crippen molar-refractivity contribution in [2.75, 3.05) is 23.8 Å². The highest BCUT2D eigenvalue weighted by molar-refractivity contribution is 6.06. The summed E-state index contributed by atoms with van der Waals surface area (Å²) in [6, 6.07) is 6.54. The minimum Gasteiger partial charge on any atom is -0.467 e. The molecule has 0 saturated carbocycles. The highest BCUT2D eigenvalue weighted by Crippen LogP contribution is 2.25. The SMILES string of the molecule is CCNc1ccc(C(=O)OCC)cc1NC(=O)c1coc(CN)c1. The summed E-state index contributed by atoms with van der Waals surface area (Å²) in [6.45, 7) is 4.85. The van der Waals surface area contributed by atoms with Crippen LogP contribution in [0.25, 0.3) is 0 Å². The average Bonchev–Trinajstić information content (AvgIpc) is 3.06. The smallest absolute Gasteiger partial charge is 0.338 e. The van der Waals surface area contributed by atoms with Crippen LogP contribution in [0.4, 0.5) is 11.4 Å². The fraction of sp³-hybridized carbons (Fsp3) is 0.294. The number of carbonyl (C=O) groups excluding carboxylic acids is 2. The highest BCUT2D eigenvalue weighted by atomic mass is 16.5. The first-order valence-corrected chi connectivity index (χ1v) is 7.72. The summed E-state index contributed by atoms with van der Waals surface area (Å²) in [4.78, 5) is 24.2. The van der Waals surface area contributed by atoms with Crippen molar-refractivity contribution in [1.82, 2.24) is 0 Å². The monoisotopic (exact) mass is 331 g/mol. The van der Waals surface area contributed by atoms with Gasteiger partial charge < -0.3 is 25.5 Å². The molecule has 24 heavy (non-hydrogen) atoms. The largest absolute Gasteiger partial charge is 0.467 e. The van der Waals surface area contributed by atoms with Gasteiger partial charge in [-0.15, -0.1) is 0 Å². The molecule has 0 unspecified atom stereocenters. The first-order chi connectivity index (χ1) is 11.6. The number of nitrogens with one attached hydrogen (secondary N) is 2. The van der Waals surface area contributed by atoms with Gasteiger partial charge in [-0.1, -0.05) is 0 Å². The van der Waals surface area contributed by atoms with Crippen LogP contribution in [-0.2, 0) is 11.3 Å². The molecule has 4 N–H and O–H groups in total. The number of amides is 1. The lowest BCUT2D eigenvalue weighted by Crippen LogP contribution is -2.14. The highest BCUT2D eigenvalue weighted by Gasteiger charge is 2.15. The molecule has 0 radical (unpaired) electrons. The lowest BCUT2D eigenvalue weighted by atomic mass is 10.1. The molecule has 2 rings (SSSR count). The maximum absolute atomic E-state index is 12.4. The van der Waals surface area contributed by atoms with Crippen molar-refractivity contribution in [3.8, 4) is 0 Å². The van der Waals surface area contributed by atoms with Gasteiger partial charge >= 0.3 is 5.97 Å². The minimum absolute atomic E-state index is 0.217. The predicted molar refractivity (Wildman–Crippen MR) is 91.1 cm³/mol. The number of hydrogen-bond acceptors (Lipinski definition) is 6. The van der Waals surface area contributed by atoms with Gasteiger partial charge in [0.25, 0.3) is 5.91 Å². The Balaban J connectivity index is 2.26. The lowest BCUT2D eigenvalue weighted by Gasteiger charge is -2.13. The minimum atomic E-state index is -0.440. The summed E-state index contributed by atoms with van der Waals surface area (Å²) >= 11 is 0. The van der Waals surface area contributed by atoms with Gasteiger partial charge in [-0.2, -0.15) is 0 Å². The number of furan rings is 1. The van der Waals surface area contributed by atoms with E-state index in [2.05, 4.69) is 10.6 Å². The Kier molecular flexibility index (Phi) is 5.97. The second-order valence-electron chi connectivity index (χ2n) is 4.97. The van der Waals surface area contributed by atoms with E-state index < -0.39 is 5.97 Å². The van der Waals surface area contributed by atoms with Crippen LogP contribution in [0.1, 0.15) is 40.3 Å². The molecule has 0 aliphatic carbocycles. The van der Waals surface area contributed by atoms with E-state index in [1.54, 1.807) is 31.2 Å². The Labute approximate surface area is 140 Å². The first kappa shape index (κ1) is 17.6. The first-order valence-electron chi connectivity index (χ1n) is 7.72. The summed E-state index contributed by atoms with van der Waals surface area (Å²) in [5.74, 6) is -0.268. The molecule has 0 bridgehead atoms. The van der Waals surface area contributed by atoms with Crippen LogP contribution in [0.5, 0.6) is 0 Å². The lowest BCUT2D eigenvalue weighted by molar-refractivity contribution is 0.0526. The summed E-state index contributed by atoms with van der Waals surface area (Å²) < 4.78 is 10.2. The number of esters is 1. The Morgan fingerprint density at radius 2 is 1.96 bits per heavy atom. The molecule has 1 aromatic carbocycles. The van der Waals surface area contributed by atoms with Crippen molar-refractivity contribution in [2.45, 2.75) is 20.4 Å². The molecule has 2 aromatic rings. The fourth-order valence-electron chi connectivity index (χ4n) is 2.13. The van der Waals surface area contributed by atoms with E-state index in [4.69, 9.17) is 14.9 Å². The number of hydrogen-bond donors (Lipinski definition) is 3. The van der Waals surface area contributed by atoms with E-state index in [1.807, 2.05) is 6.92 Å². The topological polar surface area (TPSA) is 107 Å². The molecule has 0 aliphatic heterocycles. The second-order valence-corrected chi connectivity index (χ2v) is 4.97. The van der Waals surface area contributed by atoms with E-state index in [0.29, 0.717) is 34.8 Å². The van der Waals surface area contributed by atoms with Gasteiger partial charge in [-0.25, -0.2) is 4.79 Å². The van der Waals surface area contributed by atoms with E-state index in [9.17, 15) is 9.59 Å². The summed E-state index contributed by atoms with van der Waals surface area (Å²) in [5, 5.41) is 5.91. The van der Waals surface area contributed by atoms with Crippen molar-refractivity contribution in [1.29, 1.82) is 0 Å². The van der Waals surface area contributed by atoms with Crippen LogP contribution in [0.3, 0.4) is 0 Å². The van der Waals surface area contributed by atoms with Gasteiger partial charge in [0.2, 0.25) is 0 Å². The Morgan fingerprint density at radius 3 is 2.58 bits per heavy atom. The molecule has 1 aromatic heterocycles. The quantitative estimate of drug-likeness (QED) is 0.673. The van der Waals surface area contributed by atoms with Crippen molar-refractivity contribution in [3.05, 3.63) is 47.4 Å². The zero-order valence-corrected chi connectivity index (χ0v) is 13.7. The van der Waals surface area contributed by atoms with Crippen molar-refractivity contribution < 1.29 is 18.7 Å². The van der Waals surface area contributed by atoms with Gasteiger partial charge in [-0.3, -0.25) is 4.79 Å². The van der Waals surface area contributed by atoms with Gasteiger partial charge in [-0.05, 0) is 38.1 Å². The van der Waals surface area contributed by atoms with Crippen LogP contribution in [0, 0.1) is 0 Å². The number of carbonyl (C=O) groups is 2. The number of rotatable bonds is 7. The molecule has 7 heteroatoms. The molecule has 0 spiro atoms. The maximum Gasteiger partial charge on any atom is 0.338 e. The standard InChI is InChI=1S/C17H21N3O4/c1-3-19-14-6-5-11(17(22)23-4-2)8-15(14)20-16(21)12-7-13(9-18)24-10-12/h5-8,10,19H,3-4,9,18H2,1-2H3,(H,20,21). The van der Waals surface area contributed by atoms with E-state index >= 15 is 0 Å². The molecule has 0 saturated heterocycles. The molecular weight excluding hydrogens is 310 g/mol. The predicted octanol–water partition coefficient (Wildman–Crippen LogP) is 2.60. The third-order valence-corrected chi connectivity index (χ3v) is 3.26. The van der Waals surface area contributed by atoms with Gasteiger partial charge in [0, 0.05) is 6.54 Å². The van der Waals surface area contributed by atoms with Crippen molar-refractivity contribution >= 4 is 23.3 Å². The van der Waals surface area contributed by atoms with Crippen LogP contribution in [-0.4, -0.2) is 25.0 Å². The fourth-order valence-corrected chi connectivity index (χ4v) is 2.13. The Morgan fingerprint density at radius 1 is 1.17 bits per heavy atom. The van der Waals surface area contributed by atoms with Gasteiger partial charge in [0.1, 0.15) is 12.0 Å². The van der Waals surface area contributed by atoms with E-state index in [-0.39, 0.29) is 19.1 Å². The van der Waals surface area contributed by atoms with Crippen LogP contribution < -0.4 is 16.4 Å². The third-order valence-electron chi connectivity index (χ3n) is 3.26.